The van der Waals surface area contributed by atoms with Crippen LogP contribution >= 0.6 is 0 Å². The average molecular weight is 325 g/mol. The largest absolute Gasteiger partial charge is 0.493 e. The van der Waals surface area contributed by atoms with Gasteiger partial charge in [-0.3, -0.25) is 4.79 Å². The van der Waals surface area contributed by atoms with E-state index in [1.165, 1.54) is 7.11 Å². The first-order valence-corrected chi connectivity index (χ1v) is 7.83. The molecule has 0 spiro atoms. The number of ether oxygens (including phenoxy) is 2. The van der Waals surface area contributed by atoms with Crippen LogP contribution in [0, 0.1) is 5.92 Å². The van der Waals surface area contributed by atoms with Crippen LogP contribution in [0.2, 0.25) is 0 Å². The summed E-state index contributed by atoms with van der Waals surface area (Å²) in [6.07, 6.45) is 0. The Morgan fingerprint density at radius 1 is 1.00 bits per heavy atom. The summed E-state index contributed by atoms with van der Waals surface area (Å²) in [6, 6.07) is 16.2. The molecule has 0 bridgehead atoms. The molecule has 5 heteroatoms. The van der Waals surface area contributed by atoms with Crippen LogP contribution in [-0.2, 0) is 4.74 Å². The number of hydrogen-bond donors (Lipinski definition) is 0. The van der Waals surface area contributed by atoms with Gasteiger partial charge in [0.05, 0.1) is 19.3 Å². The van der Waals surface area contributed by atoms with Crippen molar-refractivity contribution in [3.8, 4) is 5.75 Å². The molecule has 0 radical (unpaired) electrons. The molecule has 1 aliphatic heterocycles. The molecule has 3 rings (SSSR count). The number of nitrogens with zero attached hydrogens (tertiary/aromatic N) is 1. The standard InChI is InChI=1S/C19H19NO4/c1-23-19(22)16-9-7-15(8-10-16)18(21)20-11-14(12-20)13-24-17-5-3-2-4-6-17/h2-10,14H,11-13H2,1H3. The van der Waals surface area contributed by atoms with Crippen LogP contribution in [0.3, 0.4) is 0 Å². The number of likely N-dealkylation sites (tertiary alicyclic amines) is 1. The SMILES string of the molecule is COC(=O)c1ccc(C(=O)N2CC(COc3ccccc3)C2)cc1. The fourth-order valence-electron chi connectivity index (χ4n) is 2.62. The number of esters is 1. The quantitative estimate of drug-likeness (QED) is 0.793. The lowest BCUT2D eigenvalue weighted by atomic mass is 9.99. The molecule has 0 aliphatic carbocycles. The molecule has 0 saturated carbocycles. The van der Waals surface area contributed by atoms with E-state index in [2.05, 4.69) is 4.74 Å². The number of rotatable bonds is 5. The zero-order chi connectivity index (χ0) is 16.9. The van der Waals surface area contributed by atoms with Crippen LogP contribution in [0.1, 0.15) is 20.7 Å². The highest BCUT2D eigenvalue weighted by Crippen LogP contribution is 2.20. The highest BCUT2D eigenvalue weighted by Gasteiger charge is 2.31. The van der Waals surface area contributed by atoms with Gasteiger partial charge in [0.2, 0.25) is 0 Å². The summed E-state index contributed by atoms with van der Waals surface area (Å²) in [5.74, 6) is 0.766. The maximum Gasteiger partial charge on any atom is 0.337 e. The number of methoxy groups -OCH3 is 1. The van der Waals surface area contributed by atoms with Crippen molar-refractivity contribution >= 4 is 11.9 Å². The van der Waals surface area contributed by atoms with Crippen LogP contribution in [-0.4, -0.2) is 43.6 Å². The van der Waals surface area contributed by atoms with Crippen LogP contribution < -0.4 is 4.74 Å². The second-order valence-corrected chi connectivity index (χ2v) is 5.77. The molecule has 124 valence electrons. The van der Waals surface area contributed by atoms with E-state index in [1.807, 2.05) is 30.3 Å². The molecule has 5 nitrogen and oxygen atoms in total. The Morgan fingerprint density at radius 3 is 2.25 bits per heavy atom. The van der Waals surface area contributed by atoms with Gasteiger partial charge in [0.15, 0.2) is 0 Å². The lowest BCUT2D eigenvalue weighted by Crippen LogP contribution is -2.52. The Kier molecular flexibility index (Phi) is 4.79. The fourth-order valence-corrected chi connectivity index (χ4v) is 2.62. The summed E-state index contributed by atoms with van der Waals surface area (Å²) in [5, 5.41) is 0. The third-order valence-electron chi connectivity index (χ3n) is 4.03. The van der Waals surface area contributed by atoms with E-state index in [0.717, 1.165) is 5.75 Å². The molecule has 1 heterocycles. The van der Waals surface area contributed by atoms with Crippen molar-refractivity contribution in [3.63, 3.8) is 0 Å². The van der Waals surface area contributed by atoms with E-state index >= 15 is 0 Å². The minimum absolute atomic E-state index is 0.0256. The average Bonchev–Trinajstić information content (AvgIpc) is 2.60. The van der Waals surface area contributed by atoms with Crippen molar-refractivity contribution in [3.05, 3.63) is 65.7 Å². The lowest BCUT2D eigenvalue weighted by molar-refractivity contribution is 0.0392. The molecule has 0 N–H and O–H groups in total. The van der Waals surface area contributed by atoms with Crippen LogP contribution in [0.25, 0.3) is 0 Å². The van der Waals surface area contributed by atoms with Gasteiger partial charge in [0.1, 0.15) is 5.75 Å². The Balaban J connectivity index is 1.48. The van der Waals surface area contributed by atoms with Gasteiger partial charge in [-0.05, 0) is 36.4 Å². The van der Waals surface area contributed by atoms with Crippen molar-refractivity contribution in [2.24, 2.45) is 5.92 Å². The molecular formula is C19H19NO4. The van der Waals surface area contributed by atoms with Crippen molar-refractivity contribution in [1.82, 2.24) is 4.90 Å². The summed E-state index contributed by atoms with van der Waals surface area (Å²) in [5.41, 5.74) is 1.01. The zero-order valence-electron chi connectivity index (χ0n) is 13.5. The van der Waals surface area contributed by atoms with Crippen molar-refractivity contribution in [2.75, 3.05) is 26.8 Å². The first kappa shape index (κ1) is 16.1. The number of hydrogen-bond acceptors (Lipinski definition) is 4. The minimum Gasteiger partial charge on any atom is -0.493 e. The summed E-state index contributed by atoms with van der Waals surface area (Å²) < 4.78 is 10.4. The molecular weight excluding hydrogens is 306 g/mol. The summed E-state index contributed by atoms with van der Waals surface area (Å²) in [4.78, 5) is 25.5. The summed E-state index contributed by atoms with van der Waals surface area (Å²) >= 11 is 0. The Morgan fingerprint density at radius 2 is 1.62 bits per heavy atom. The molecule has 1 fully saturated rings. The van der Waals surface area contributed by atoms with Gasteiger partial charge in [0.25, 0.3) is 5.91 Å². The highest BCUT2D eigenvalue weighted by atomic mass is 16.5. The van der Waals surface area contributed by atoms with E-state index in [1.54, 1.807) is 29.2 Å². The maximum absolute atomic E-state index is 12.4. The summed E-state index contributed by atoms with van der Waals surface area (Å²) in [6.45, 7) is 1.98. The van der Waals surface area contributed by atoms with E-state index in [9.17, 15) is 9.59 Å². The fraction of sp³-hybridized carbons (Fsp3) is 0.263. The van der Waals surface area contributed by atoms with Gasteiger partial charge >= 0.3 is 5.97 Å². The third-order valence-corrected chi connectivity index (χ3v) is 4.03. The Bertz CT molecular complexity index is 706. The van der Waals surface area contributed by atoms with Gasteiger partial charge in [0, 0.05) is 24.6 Å². The predicted octanol–water partition coefficient (Wildman–Crippen LogP) is 2.62. The third kappa shape index (κ3) is 3.56. The maximum atomic E-state index is 12.4. The number of carbonyl (C=O) groups excluding carboxylic acids is 2. The molecule has 24 heavy (non-hydrogen) atoms. The number of amides is 1. The molecule has 1 amide bonds. The van der Waals surface area contributed by atoms with E-state index in [-0.39, 0.29) is 5.91 Å². The lowest BCUT2D eigenvalue weighted by Gasteiger charge is -2.39. The number of benzene rings is 2. The monoisotopic (exact) mass is 325 g/mol. The normalized spacial score (nSPS) is 14.0. The first-order valence-electron chi connectivity index (χ1n) is 7.83. The van der Waals surface area contributed by atoms with Gasteiger partial charge < -0.3 is 14.4 Å². The van der Waals surface area contributed by atoms with Crippen molar-refractivity contribution in [1.29, 1.82) is 0 Å². The van der Waals surface area contributed by atoms with Gasteiger partial charge in [-0.2, -0.15) is 0 Å². The molecule has 0 atom stereocenters. The predicted molar refractivity (Wildman–Crippen MR) is 89.1 cm³/mol. The molecule has 2 aromatic carbocycles. The molecule has 1 aliphatic rings. The van der Waals surface area contributed by atoms with E-state index in [0.29, 0.717) is 36.7 Å². The smallest absolute Gasteiger partial charge is 0.337 e. The minimum atomic E-state index is -0.406. The second-order valence-electron chi connectivity index (χ2n) is 5.77. The second kappa shape index (κ2) is 7.17. The first-order chi connectivity index (χ1) is 11.7. The van der Waals surface area contributed by atoms with Gasteiger partial charge in [-0.1, -0.05) is 18.2 Å². The number of carbonyl (C=O) groups is 2. The van der Waals surface area contributed by atoms with Crippen LogP contribution in [0.5, 0.6) is 5.75 Å². The Hall–Kier alpha value is -2.82. The summed E-state index contributed by atoms with van der Waals surface area (Å²) in [7, 11) is 1.33. The molecule has 1 saturated heterocycles. The highest BCUT2D eigenvalue weighted by molar-refractivity contribution is 5.96. The molecule has 0 unspecified atom stereocenters. The number of para-hydroxylation sites is 1. The zero-order valence-corrected chi connectivity index (χ0v) is 13.5. The Labute approximate surface area is 140 Å². The van der Waals surface area contributed by atoms with Gasteiger partial charge in [-0.15, -0.1) is 0 Å². The van der Waals surface area contributed by atoms with Gasteiger partial charge in [-0.25, -0.2) is 4.79 Å². The van der Waals surface area contributed by atoms with Crippen molar-refractivity contribution in [2.45, 2.75) is 0 Å². The topological polar surface area (TPSA) is 55.8 Å². The molecule has 0 aromatic heterocycles. The van der Waals surface area contributed by atoms with Crippen molar-refractivity contribution < 1.29 is 19.1 Å². The van der Waals surface area contributed by atoms with E-state index < -0.39 is 5.97 Å². The van der Waals surface area contributed by atoms with Crippen LogP contribution in [0.15, 0.2) is 54.6 Å². The van der Waals surface area contributed by atoms with E-state index in [4.69, 9.17) is 4.74 Å². The van der Waals surface area contributed by atoms with Crippen LogP contribution in [0.4, 0.5) is 0 Å². The molecule has 2 aromatic rings.